The number of hydrogen-bond acceptors (Lipinski definition) is 3. The summed E-state index contributed by atoms with van der Waals surface area (Å²) >= 11 is 0. The van der Waals surface area contributed by atoms with Gasteiger partial charge in [0.1, 0.15) is 0 Å². The van der Waals surface area contributed by atoms with Crippen LogP contribution in [-0.2, 0) is 10.1 Å². The minimum atomic E-state index is -3.90. The minimum Gasteiger partial charge on any atom is -0.393 e. The Kier molecular flexibility index (Phi) is 15.1. The summed E-state index contributed by atoms with van der Waals surface area (Å²) in [7, 11) is -3.90. The van der Waals surface area contributed by atoms with Gasteiger partial charge in [-0.2, -0.15) is 8.42 Å². The number of hydrogen-bond donors (Lipinski definition) is 2. The van der Waals surface area contributed by atoms with Gasteiger partial charge in [0.05, 0.1) is 11.4 Å². The van der Waals surface area contributed by atoms with E-state index in [1.54, 1.807) is 0 Å². The van der Waals surface area contributed by atoms with Gasteiger partial charge < -0.3 is 5.11 Å². The van der Waals surface area contributed by atoms with Crippen molar-refractivity contribution >= 4 is 10.1 Å². The molecule has 0 aliphatic rings. The van der Waals surface area contributed by atoms with Gasteiger partial charge in [-0.15, -0.1) is 0 Å². The number of aliphatic hydroxyl groups excluding tert-OH is 1. The van der Waals surface area contributed by atoms with Gasteiger partial charge in [-0.3, -0.25) is 4.55 Å². The first-order chi connectivity index (χ1) is 11.4. The Labute approximate surface area is 150 Å². The van der Waals surface area contributed by atoms with Crippen LogP contribution in [0.4, 0.5) is 0 Å². The third-order valence-electron chi connectivity index (χ3n) is 4.84. The van der Waals surface area contributed by atoms with Crippen LogP contribution < -0.4 is 0 Å². The number of rotatable bonds is 17. The van der Waals surface area contributed by atoms with Gasteiger partial charge in [0, 0.05) is 0 Å². The summed E-state index contributed by atoms with van der Waals surface area (Å²) in [6.07, 6.45) is 14.6. The monoisotopic (exact) mass is 364 g/mol. The molecule has 0 aromatic carbocycles. The third-order valence-corrected chi connectivity index (χ3v) is 6.15. The fraction of sp³-hybridized carbons (Fsp3) is 1.00. The van der Waals surface area contributed by atoms with Gasteiger partial charge in [0.25, 0.3) is 10.1 Å². The third kappa shape index (κ3) is 14.2. The summed E-state index contributed by atoms with van der Waals surface area (Å²) < 4.78 is 32.3. The van der Waals surface area contributed by atoms with Crippen molar-refractivity contribution in [1.82, 2.24) is 0 Å². The van der Waals surface area contributed by atoms with Crippen LogP contribution in [0.5, 0.6) is 0 Å². The molecule has 0 fully saturated rings. The highest BCUT2D eigenvalue weighted by molar-refractivity contribution is 7.86. The molecule has 0 radical (unpaired) electrons. The van der Waals surface area contributed by atoms with Crippen LogP contribution in [0.1, 0.15) is 110 Å². The summed E-state index contributed by atoms with van der Waals surface area (Å²) in [5.74, 6) is 0. The summed E-state index contributed by atoms with van der Waals surface area (Å²) in [5.41, 5.74) is 0. The summed E-state index contributed by atoms with van der Waals surface area (Å²) in [4.78, 5) is 0. The highest BCUT2D eigenvalue weighted by Gasteiger charge is 2.21. The number of aliphatic hydroxyl groups is 1. The second-order valence-corrected chi connectivity index (χ2v) is 8.80. The average Bonchev–Trinajstić information content (AvgIpc) is 2.53. The second-order valence-electron chi connectivity index (χ2n) is 7.10. The molecule has 2 atom stereocenters. The Morgan fingerprint density at radius 1 is 0.708 bits per heavy atom. The Bertz CT molecular complexity index is 368. The molecule has 0 bridgehead atoms. The molecule has 0 rings (SSSR count). The lowest BCUT2D eigenvalue weighted by atomic mass is 10.0. The molecule has 0 aromatic heterocycles. The Hall–Kier alpha value is -0.130. The van der Waals surface area contributed by atoms with E-state index in [4.69, 9.17) is 0 Å². The fourth-order valence-corrected chi connectivity index (χ4v) is 4.01. The molecule has 4 nitrogen and oxygen atoms in total. The predicted molar refractivity (Wildman–Crippen MR) is 102 cm³/mol. The van der Waals surface area contributed by atoms with Crippen molar-refractivity contribution in [3.05, 3.63) is 0 Å². The van der Waals surface area contributed by atoms with Gasteiger partial charge in [-0.25, -0.2) is 0 Å². The fourth-order valence-electron chi connectivity index (χ4n) is 3.08. The van der Waals surface area contributed by atoms with E-state index in [1.165, 1.54) is 12.8 Å². The molecule has 0 spiro atoms. The Morgan fingerprint density at radius 2 is 1.12 bits per heavy atom. The zero-order valence-electron chi connectivity index (χ0n) is 15.9. The van der Waals surface area contributed by atoms with Gasteiger partial charge in [-0.1, -0.05) is 84.5 Å². The molecular formula is C19H40O4S. The van der Waals surface area contributed by atoms with E-state index in [0.29, 0.717) is 12.8 Å². The van der Waals surface area contributed by atoms with E-state index in [0.717, 1.165) is 70.6 Å². The van der Waals surface area contributed by atoms with Gasteiger partial charge in [0.2, 0.25) is 0 Å². The molecule has 24 heavy (non-hydrogen) atoms. The van der Waals surface area contributed by atoms with Gasteiger partial charge in [-0.05, 0) is 25.7 Å². The first-order valence-corrected chi connectivity index (χ1v) is 11.6. The molecular weight excluding hydrogens is 324 g/mol. The molecule has 0 saturated heterocycles. The summed E-state index contributed by atoms with van der Waals surface area (Å²) in [6, 6.07) is 0. The Morgan fingerprint density at radius 3 is 1.54 bits per heavy atom. The maximum Gasteiger partial charge on any atom is 0.267 e. The van der Waals surface area contributed by atoms with Crippen molar-refractivity contribution < 1.29 is 18.1 Å². The smallest absolute Gasteiger partial charge is 0.267 e. The van der Waals surface area contributed by atoms with E-state index < -0.39 is 15.4 Å². The van der Waals surface area contributed by atoms with Crippen LogP contribution in [0.15, 0.2) is 0 Å². The predicted octanol–water partition coefficient (Wildman–Crippen LogP) is 5.50. The first kappa shape index (κ1) is 23.9. The van der Waals surface area contributed by atoms with E-state index in [1.807, 2.05) is 6.92 Å². The Balaban J connectivity index is 3.72. The van der Waals surface area contributed by atoms with Crippen molar-refractivity contribution in [3.63, 3.8) is 0 Å². The molecule has 0 aliphatic heterocycles. The van der Waals surface area contributed by atoms with E-state index in [2.05, 4.69) is 6.92 Å². The second kappa shape index (κ2) is 15.2. The maximum atomic E-state index is 11.5. The molecule has 0 heterocycles. The van der Waals surface area contributed by atoms with Crippen LogP contribution in [0.25, 0.3) is 0 Å². The maximum absolute atomic E-state index is 11.5. The molecule has 146 valence electrons. The molecule has 5 heteroatoms. The molecule has 0 aromatic rings. The lowest BCUT2D eigenvalue weighted by Gasteiger charge is -2.13. The van der Waals surface area contributed by atoms with E-state index in [-0.39, 0.29) is 6.10 Å². The van der Waals surface area contributed by atoms with Crippen molar-refractivity contribution in [2.75, 3.05) is 0 Å². The molecule has 2 unspecified atom stereocenters. The first-order valence-electron chi connectivity index (χ1n) is 10.1. The molecule has 0 saturated carbocycles. The highest BCUT2D eigenvalue weighted by atomic mass is 32.2. The topological polar surface area (TPSA) is 74.6 Å². The SMILES string of the molecule is CCCCCCCC(CCCCCCCCC(O)CC)S(=O)(=O)O. The van der Waals surface area contributed by atoms with Crippen LogP contribution in [0.3, 0.4) is 0 Å². The van der Waals surface area contributed by atoms with E-state index in [9.17, 15) is 18.1 Å². The van der Waals surface area contributed by atoms with Crippen LogP contribution in [0.2, 0.25) is 0 Å². The summed E-state index contributed by atoms with van der Waals surface area (Å²) in [6.45, 7) is 4.16. The minimum absolute atomic E-state index is 0.155. The standard InChI is InChI=1S/C19H40O4S/c1-3-5-6-9-13-16-19(24(21,22)23)17-14-11-8-7-10-12-15-18(20)4-2/h18-20H,3-17H2,1-2H3,(H,21,22,23). The van der Waals surface area contributed by atoms with Crippen molar-refractivity contribution in [2.45, 2.75) is 122 Å². The van der Waals surface area contributed by atoms with E-state index >= 15 is 0 Å². The van der Waals surface area contributed by atoms with Crippen LogP contribution in [0, 0.1) is 0 Å². The number of unbranched alkanes of at least 4 members (excludes halogenated alkanes) is 9. The lowest BCUT2D eigenvalue weighted by molar-refractivity contribution is 0.156. The highest BCUT2D eigenvalue weighted by Crippen LogP contribution is 2.19. The van der Waals surface area contributed by atoms with Crippen molar-refractivity contribution in [3.8, 4) is 0 Å². The summed E-state index contributed by atoms with van der Waals surface area (Å²) in [5, 5.41) is 8.90. The van der Waals surface area contributed by atoms with Crippen molar-refractivity contribution in [1.29, 1.82) is 0 Å². The zero-order valence-corrected chi connectivity index (χ0v) is 16.7. The lowest BCUT2D eigenvalue weighted by Crippen LogP contribution is -2.20. The van der Waals surface area contributed by atoms with Crippen molar-refractivity contribution in [2.24, 2.45) is 0 Å². The average molecular weight is 365 g/mol. The zero-order chi connectivity index (χ0) is 18.3. The quantitative estimate of drug-likeness (QED) is 0.264. The normalized spacial score (nSPS) is 14.7. The van der Waals surface area contributed by atoms with Gasteiger partial charge >= 0.3 is 0 Å². The molecule has 0 amide bonds. The largest absolute Gasteiger partial charge is 0.393 e. The van der Waals surface area contributed by atoms with Gasteiger partial charge in [0.15, 0.2) is 0 Å². The van der Waals surface area contributed by atoms with Crippen LogP contribution >= 0.6 is 0 Å². The molecule has 0 aliphatic carbocycles. The van der Waals surface area contributed by atoms with Crippen LogP contribution in [-0.4, -0.2) is 29.4 Å². The molecule has 2 N–H and O–H groups in total.